The molecule has 4 nitrogen and oxygen atoms in total. The van der Waals surface area contributed by atoms with Gasteiger partial charge in [0.15, 0.2) is 0 Å². The summed E-state index contributed by atoms with van der Waals surface area (Å²) >= 11 is 0. The predicted octanol–water partition coefficient (Wildman–Crippen LogP) is 3.05. The summed E-state index contributed by atoms with van der Waals surface area (Å²) in [5, 5.41) is 13.5. The van der Waals surface area contributed by atoms with E-state index >= 15 is 0 Å². The van der Waals surface area contributed by atoms with Gasteiger partial charge in [-0.3, -0.25) is 0 Å². The molecule has 1 fully saturated rings. The van der Waals surface area contributed by atoms with Gasteiger partial charge < -0.3 is 19.9 Å². The van der Waals surface area contributed by atoms with Crippen molar-refractivity contribution in [3.63, 3.8) is 0 Å². The minimum absolute atomic E-state index is 0.113. The second-order valence-electron chi connectivity index (χ2n) is 5.69. The molecule has 4 heteroatoms. The molecule has 0 aliphatic heterocycles. The molecule has 118 valence electrons. The maximum absolute atomic E-state index is 10.1. The summed E-state index contributed by atoms with van der Waals surface area (Å²) in [4.78, 5) is 0. The van der Waals surface area contributed by atoms with E-state index in [1.54, 1.807) is 7.11 Å². The largest absolute Gasteiger partial charge is 0.497 e. The number of nitrogens with one attached hydrogen (secondary N) is 1. The van der Waals surface area contributed by atoms with Gasteiger partial charge >= 0.3 is 0 Å². The van der Waals surface area contributed by atoms with Crippen LogP contribution in [0.25, 0.3) is 0 Å². The van der Waals surface area contributed by atoms with Crippen LogP contribution < -0.4 is 14.8 Å². The van der Waals surface area contributed by atoms with Gasteiger partial charge in [0.2, 0.25) is 0 Å². The molecule has 0 saturated heterocycles. The molecular formula is C17H27NO3. The maximum atomic E-state index is 10.1. The van der Waals surface area contributed by atoms with Gasteiger partial charge in [0.25, 0.3) is 0 Å². The van der Waals surface area contributed by atoms with E-state index in [-0.39, 0.29) is 18.2 Å². The van der Waals surface area contributed by atoms with Crippen LogP contribution in [0.1, 0.15) is 51.1 Å². The van der Waals surface area contributed by atoms with Crippen molar-refractivity contribution in [3.05, 3.63) is 23.8 Å². The van der Waals surface area contributed by atoms with Crippen molar-refractivity contribution in [2.45, 2.75) is 57.8 Å². The molecule has 1 aromatic rings. The Balaban J connectivity index is 2.21. The van der Waals surface area contributed by atoms with Gasteiger partial charge in [-0.05, 0) is 38.8 Å². The monoisotopic (exact) mass is 293 g/mol. The first kappa shape index (κ1) is 16.1. The Kier molecular flexibility index (Phi) is 5.88. The van der Waals surface area contributed by atoms with Crippen LogP contribution in [0.15, 0.2) is 18.2 Å². The average molecular weight is 293 g/mol. The normalized spacial score (nSPS) is 23.6. The molecule has 3 unspecified atom stereocenters. The summed E-state index contributed by atoms with van der Waals surface area (Å²) in [5.74, 6) is 1.59. The van der Waals surface area contributed by atoms with Crippen LogP contribution in [0, 0.1) is 0 Å². The minimum atomic E-state index is -0.368. The molecule has 0 amide bonds. The SMILES string of the molecule is CCNC(C)c1ccc(OC)cc1OC1CCCCC1O. The maximum Gasteiger partial charge on any atom is 0.128 e. The number of rotatable bonds is 6. The third-order valence-electron chi connectivity index (χ3n) is 4.14. The summed E-state index contributed by atoms with van der Waals surface area (Å²) in [6.45, 7) is 5.11. The molecule has 1 aliphatic carbocycles. The van der Waals surface area contributed by atoms with Crippen molar-refractivity contribution in [2.75, 3.05) is 13.7 Å². The van der Waals surface area contributed by atoms with Gasteiger partial charge in [-0.2, -0.15) is 0 Å². The Morgan fingerprint density at radius 3 is 2.76 bits per heavy atom. The Labute approximate surface area is 127 Å². The second-order valence-corrected chi connectivity index (χ2v) is 5.69. The van der Waals surface area contributed by atoms with Crippen LogP contribution in [-0.2, 0) is 0 Å². The van der Waals surface area contributed by atoms with Gasteiger partial charge in [-0.1, -0.05) is 19.4 Å². The Hall–Kier alpha value is -1.26. The summed E-state index contributed by atoms with van der Waals surface area (Å²) in [6, 6.07) is 6.12. The Morgan fingerprint density at radius 1 is 1.33 bits per heavy atom. The van der Waals surface area contributed by atoms with E-state index in [0.717, 1.165) is 49.3 Å². The number of aliphatic hydroxyl groups excluding tert-OH is 1. The summed E-state index contributed by atoms with van der Waals surface area (Å²) in [7, 11) is 1.65. The zero-order chi connectivity index (χ0) is 15.2. The highest BCUT2D eigenvalue weighted by Crippen LogP contribution is 2.32. The molecule has 2 rings (SSSR count). The minimum Gasteiger partial charge on any atom is -0.497 e. The van der Waals surface area contributed by atoms with E-state index in [1.807, 2.05) is 18.2 Å². The van der Waals surface area contributed by atoms with Crippen molar-refractivity contribution in [2.24, 2.45) is 0 Å². The number of hydrogen-bond acceptors (Lipinski definition) is 4. The topological polar surface area (TPSA) is 50.7 Å². The number of aliphatic hydroxyl groups is 1. The van der Waals surface area contributed by atoms with E-state index in [4.69, 9.17) is 9.47 Å². The summed E-state index contributed by atoms with van der Waals surface area (Å²) in [6.07, 6.45) is 3.45. The van der Waals surface area contributed by atoms with Crippen molar-refractivity contribution < 1.29 is 14.6 Å². The van der Waals surface area contributed by atoms with Crippen LogP contribution in [0.3, 0.4) is 0 Å². The molecule has 0 heterocycles. The zero-order valence-corrected chi connectivity index (χ0v) is 13.3. The molecular weight excluding hydrogens is 266 g/mol. The van der Waals surface area contributed by atoms with Crippen molar-refractivity contribution >= 4 is 0 Å². The lowest BCUT2D eigenvalue weighted by molar-refractivity contribution is 0.00609. The first-order valence-electron chi connectivity index (χ1n) is 7.91. The van der Waals surface area contributed by atoms with Gasteiger partial charge in [-0.25, -0.2) is 0 Å². The lowest BCUT2D eigenvalue weighted by atomic mass is 9.94. The highest BCUT2D eigenvalue weighted by Gasteiger charge is 2.26. The van der Waals surface area contributed by atoms with Crippen LogP contribution >= 0.6 is 0 Å². The van der Waals surface area contributed by atoms with Crippen molar-refractivity contribution in [1.82, 2.24) is 5.32 Å². The quantitative estimate of drug-likeness (QED) is 0.846. The first-order chi connectivity index (χ1) is 10.2. The Bertz CT molecular complexity index is 450. The molecule has 0 aromatic heterocycles. The molecule has 0 radical (unpaired) electrons. The fourth-order valence-corrected chi connectivity index (χ4v) is 2.90. The fraction of sp³-hybridized carbons (Fsp3) is 0.647. The lowest BCUT2D eigenvalue weighted by Gasteiger charge is -2.30. The van der Waals surface area contributed by atoms with Gasteiger partial charge in [0.05, 0.1) is 13.2 Å². The molecule has 21 heavy (non-hydrogen) atoms. The summed E-state index contributed by atoms with van der Waals surface area (Å²) in [5.41, 5.74) is 1.11. The number of ether oxygens (including phenoxy) is 2. The van der Waals surface area contributed by atoms with Crippen molar-refractivity contribution in [1.29, 1.82) is 0 Å². The highest BCUT2D eigenvalue weighted by molar-refractivity contribution is 5.42. The van der Waals surface area contributed by atoms with E-state index in [9.17, 15) is 5.11 Å². The molecule has 1 saturated carbocycles. The molecule has 1 aliphatic rings. The van der Waals surface area contributed by atoms with Crippen LogP contribution in [0.2, 0.25) is 0 Å². The smallest absolute Gasteiger partial charge is 0.128 e. The standard InChI is InChI=1S/C17H27NO3/c1-4-18-12(2)14-10-9-13(20-3)11-17(14)21-16-8-6-5-7-15(16)19/h9-12,15-16,18-19H,4-8H2,1-3H3. The number of hydrogen-bond donors (Lipinski definition) is 2. The third kappa shape index (κ3) is 4.11. The van der Waals surface area contributed by atoms with E-state index in [0.29, 0.717) is 0 Å². The predicted molar refractivity (Wildman–Crippen MR) is 84.0 cm³/mol. The third-order valence-corrected chi connectivity index (χ3v) is 4.14. The molecule has 0 spiro atoms. The van der Waals surface area contributed by atoms with Crippen LogP contribution in [0.4, 0.5) is 0 Å². The lowest BCUT2D eigenvalue weighted by Crippen LogP contribution is -2.35. The van der Waals surface area contributed by atoms with Gasteiger partial charge in [0.1, 0.15) is 17.6 Å². The van der Waals surface area contributed by atoms with Gasteiger partial charge in [-0.15, -0.1) is 0 Å². The Morgan fingerprint density at radius 2 is 2.10 bits per heavy atom. The summed E-state index contributed by atoms with van der Waals surface area (Å²) < 4.78 is 11.4. The van der Waals surface area contributed by atoms with E-state index < -0.39 is 0 Å². The van der Waals surface area contributed by atoms with Gasteiger partial charge in [0, 0.05) is 17.7 Å². The molecule has 2 N–H and O–H groups in total. The molecule has 0 bridgehead atoms. The molecule has 1 aromatic carbocycles. The van der Waals surface area contributed by atoms with Crippen LogP contribution in [-0.4, -0.2) is 31.0 Å². The fourth-order valence-electron chi connectivity index (χ4n) is 2.90. The zero-order valence-electron chi connectivity index (χ0n) is 13.3. The van der Waals surface area contributed by atoms with Crippen molar-refractivity contribution in [3.8, 4) is 11.5 Å². The van der Waals surface area contributed by atoms with E-state index in [1.165, 1.54) is 0 Å². The first-order valence-corrected chi connectivity index (χ1v) is 7.91. The highest BCUT2D eigenvalue weighted by atomic mass is 16.5. The molecule has 3 atom stereocenters. The number of benzene rings is 1. The van der Waals surface area contributed by atoms with Crippen LogP contribution in [0.5, 0.6) is 11.5 Å². The average Bonchev–Trinajstić information content (AvgIpc) is 2.49. The van der Waals surface area contributed by atoms with E-state index in [2.05, 4.69) is 19.2 Å². The second kappa shape index (κ2) is 7.66. The number of methoxy groups -OCH3 is 1.